The molecule has 0 aliphatic rings. The first-order valence-corrected chi connectivity index (χ1v) is 9.04. The maximum atomic E-state index is 12.0. The fraction of sp³-hybridized carbons (Fsp3) is 0.286. The maximum absolute atomic E-state index is 12.0. The number of methoxy groups -OCH3 is 1. The van der Waals surface area contributed by atoms with Crippen LogP contribution >= 0.6 is 0 Å². The molecule has 0 radical (unpaired) electrons. The second-order valence-electron chi connectivity index (χ2n) is 6.39. The minimum atomic E-state index is -0.280. The SMILES string of the molecule is COc1ccccc1NCC(=O)N/N=C(/C)c1ccc(OCC(=O)N(C)C)cc1. The second-order valence-corrected chi connectivity index (χ2v) is 6.39. The first kappa shape index (κ1) is 21.7. The number of nitrogens with zero attached hydrogens (tertiary/aromatic N) is 2. The van der Waals surface area contributed by atoms with E-state index in [1.54, 1.807) is 40.3 Å². The number of carbonyl (C=O) groups is 2. The predicted octanol–water partition coefficient (Wildman–Crippen LogP) is 2.11. The molecule has 0 saturated carbocycles. The zero-order valence-electron chi connectivity index (χ0n) is 17.1. The van der Waals surface area contributed by atoms with Crippen molar-refractivity contribution < 1.29 is 19.1 Å². The zero-order valence-corrected chi connectivity index (χ0v) is 17.1. The number of carbonyl (C=O) groups excluding carboxylic acids is 2. The molecule has 0 aromatic heterocycles. The minimum absolute atomic E-state index is 0.0192. The van der Waals surface area contributed by atoms with Crippen LogP contribution < -0.4 is 20.2 Å². The van der Waals surface area contributed by atoms with Crippen LogP contribution in [0.5, 0.6) is 11.5 Å². The quantitative estimate of drug-likeness (QED) is 0.499. The van der Waals surface area contributed by atoms with Crippen LogP contribution in [0.15, 0.2) is 53.6 Å². The lowest BCUT2D eigenvalue weighted by atomic mass is 10.1. The van der Waals surface area contributed by atoms with Gasteiger partial charge < -0.3 is 19.7 Å². The summed E-state index contributed by atoms with van der Waals surface area (Å²) in [5, 5.41) is 7.13. The van der Waals surface area contributed by atoms with Crippen molar-refractivity contribution in [2.45, 2.75) is 6.92 Å². The zero-order chi connectivity index (χ0) is 21.2. The van der Waals surface area contributed by atoms with Gasteiger partial charge in [-0.2, -0.15) is 5.10 Å². The van der Waals surface area contributed by atoms with Gasteiger partial charge in [0, 0.05) is 14.1 Å². The number of rotatable bonds is 9. The van der Waals surface area contributed by atoms with E-state index in [-0.39, 0.29) is 25.0 Å². The van der Waals surface area contributed by atoms with Crippen LogP contribution in [0, 0.1) is 0 Å². The Hall–Kier alpha value is -3.55. The summed E-state index contributed by atoms with van der Waals surface area (Å²) in [5.41, 5.74) is 4.72. The number of hydrogen-bond acceptors (Lipinski definition) is 6. The molecule has 2 N–H and O–H groups in total. The Labute approximate surface area is 170 Å². The van der Waals surface area contributed by atoms with Crippen molar-refractivity contribution in [2.24, 2.45) is 5.10 Å². The fourth-order valence-corrected chi connectivity index (χ4v) is 2.28. The van der Waals surface area contributed by atoms with Crippen molar-refractivity contribution in [3.05, 3.63) is 54.1 Å². The van der Waals surface area contributed by atoms with Crippen LogP contribution in [0.4, 0.5) is 5.69 Å². The van der Waals surface area contributed by atoms with Gasteiger partial charge >= 0.3 is 0 Å². The van der Waals surface area contributed by atoms with E-state index >= 15 is 0 Å². The molecule has 0 spiro atoms. The molecular weight excluding hydrogens is 372 g/mol. The summed E-state index contributed by atoms with van der Waals surface area (Å²) in [6, 6.07) is 14.5. The van der Waals surface area contributed by atoms with E-state index in [1.165, 1.54) is 4.90 Å². The monoisotopic (exact) mass is 398 g/mol. The summed E-state index contributed by atoms with van der Waals surface area (Å²) in [7, 11) is 4.92. The smallest absolute Gasteiger partial charge is 0.259 e. The van der Waals surface area contributed by atoms with Crippen molar-refractivity contribution in [1.29, 1.82) is 0 Å². The summed E-state index contributed by atoms with van der Waals surface area (Å²) >= 11 is 0. The molecule has 8 nitrogen and oxygen atoms in total. The highest BCUT2D eigenvalue weighted by atomic mass is 16.5. The number of hydrogen-bond donors (Lipinski definition) is 2. The van der Waals surface area contributed by atoms with Crippen LogP contribution in [-0.2, 0) is 9.59 Å². The minimum Gasteiger partial charge on any atom is -0.495 e. The van der Waals surface area contributed by atoms with Gasteiger partial charge in [-0.1, -0.05) is 12.1 Å². The molecule has 0 fully saturated rings. The van der Waals surface area contributed by atoms with Gasteiger partial charge in [0.05, 0.1) is 25.1 Å². The van der Waals surface area contributed by atoms with Gasteiger partial charge in [0.1, 0.15) is 11.5 Å². The molecule has 154 valence electrons. The second kappa shape index (κ2) is 10.7. The van der Waals surface area contributed by atoms with Crippen LogP contribution in [0.25, 0.3) is 0 Å². The lowest BCUT2D eigenvalue weighted by Crippen LogP contribution is -2.27. The summed E-state index contributed by atoms with van der Waals surface area (Å²) in [4.78, 5) is 25.1. The first-order chi connectivity index (χ1) is 13.9. The van der Waals surface area contributed by atoms with Gasteiger partial charge in [0.25, 0.3) is 11.8 Å². The standard InChI is InChI=1S/C21H26N4O4/c1-15(16-9-11-17(12-10-16)29-14-21(27)25(2)3)23-24-20(26)13-22-18-7-5-6-8-19(18)28-4/h5-12,22H,13-14H2,1-4H3,(H,24,26)/b23-15-. The van der Waals surface area contributed by atoms with Crippen molar-refractivity contribution >= 4 is 23.2 Å². The van der Waals surface area contributed by atoms with Crippen LogP contribution in [0.3, 0.4) is 0 Å². The number of amides is 2. The van der Waals surface area contributed by atoms with E-state index in [0.29, 0.717) is 17.2 Å². The van der Waals surface area contributed by atoms with Crippen molar-refractivity contribution in [3.63, 3.8) is 0 Å². The molecule has 0 atom stereocenters. The largest absolute Gasteiger partial charge is 0.495 e. The maximum Gasteiger partial charge on any atom is 0.259 e. The van der Waals surface area contributed by atoms with Crippen LogP contribution in [0.1, 0.15) is 12.5 Å². The summed E-state index contributed by atoms with van der Waals surface area (Å²) < 4.78 is 10.7. The molecule has 2 aromatic carbocycles. The average Bonchev–Trinajstić information content (AvgIpc) is 2.74. The van der Waals surface area contributed by atoms with Crippen molar-refractivity contribution in [3.8, 4) is 11.5 Å². The van der Waals surface area contributed by atoms with E-state index in [9.17, 15) is 9.59 Å². The molecule has 2 aromatic rings. The van der Waals surface area contributed by atoms with E-state index in [2.05, 4.69) is 15.8 Å². The van der Waals surface area contributed by atoms with Crippen molar-refractivity contribution in [1.82, 2.24) is 10.3 Å². The van der Waals surface area contributed by atoms with E-state index < -0.39 is 0 Å². The van der Waals surface area contributed by atoms with Gasteiger partial charge in [-0.25, -0.2) is 5.43 Å². The molecule has 0 unspecified atom stereocenters. The Bertz CT molecular complexity index is 863. The Kier molecular flexibility index (Phi) is 8.02. The van der Waals surface area contributed by atoms with Gasteiger partial charge in [-0.15, -0.1) is 0 Å². The van der Waals surface area contributed by atoms with Crippen molar-refractivity contribution in [2.75, 3.05) is 39.7 Å². The number of nitrogens with one attached hydrogen (secondary N) is 2. The normalized spacial score (nSPS) is 10.8. The molecule has 0 aliphatic heterocycles. The number of benzene rings is 2. The Morgan fingerprint density at radius 1 is 1.07 bits per heavy atom. The number of ether oxygens (including phenoxy) is 2. The Balaban J connectivity index is 1.85. The van der Waals surface area contributed by atoms with Crippen LogP contribution in [0.2, 0.25) is 0 Å². The third-order valence-corrected chi connectivity index (χ3v) is 4.03. The molecule has 0 aliphatic carbocycles. The summed E-state index contributed by atoms with van der Waals surface area (Å²) in [5.74, 6) is 0.852. The highest BCUT2D eigenvalue weighted by Crippen LogP contribution is 2.22. The lowest BCUT2D eigenvalue weighted by molar-refractivity contribution is -0.130. The summed E-state index contributed by atoms with van der Waals surface area (Å²) in [6.07, 6.45) is 0. The van der Waals surface area contributed by atoms with E-state index in [4.69, 9.17) is 9.47 Å². The number of hydrazone groups is 1. The van der Waals surface area contributed by atoms with Crippen LogP contribution in [-0.4, -0.2) is 56.8 Å². The molecule has 29 heavy (non-hydrogen) atoms. The van der Waals surface area contributed by atoms with Gasteiger partial charge in [0.2, 0.25) is 0 Å². The highest BCUT2D eigenvalue weighted by Gasteiger charge is 2.07. The molecular formula is C21H26N4O4. The lowest BCUT2D eigenvalue weighted by Gasteiger charge is -2.11. The third-order valence-electron chi connectivity index (χ3n) is 4.03. The molecule has 2 amide bonds. The average molecular weight is 398 g/mol. The van der Waals surface area contributed by atoms with Gasteiger partial charge in [-0.05, 0) is 48.9 Å². The molecule has 8 heteroatoms. The number of para-hydroxylation sites is 2. The topological polar surface area (TPSA) is 92.3 Å². The summed E-state index contributed by atoms with van der Waals surface area (Å²) in [6.45, 7) is 1.83. The number of likely N-dealkylation sites (N-methyl/N-ethyl adjacent to an activating group) is 1. The third kappa shape index (κ3) is 6.84. The molecule has 0 heterocycles. The molecule has 0 bridgehead atoms. The van der Waals surface area contributed by atoms with Gasteiger partial charge in [0.15, 0.2) is 6.61 Å². The Morgan fingerprint density at radius 3 is 2.41 bits per heavy atom. The van der Waals surface area contributed by atoms with Gasteiger partial charge in [-0.3, -0.25) is 9.59 Å². The molecule has 0 saturated heterocycles. The first-order valence-electron chi connectivity index (χ1n) is 9.04. The highest BCUT2D eigenvalue weighted by molar-refractivity contribution is 5.99. The Morgan fingerprint density at radius 2 is 1.76 bits per heavy atom. The van der Waals surface area contributed by atoms with E-state index in [0.717, 1.165) is 11.3 Å². The number of anilines is 1. The fourth-order valence-electron chi connectivity index (χ4n) is 2.28. The predicted molar refractivity (Wildman–Crippen MR) is 112 cm³/mol. The molecule has 2 rings (SSSR count). The van der Waals surface area contributed by atoms with E-state index in [1.807, 2.05) is 36.4 Å².